The number of para-hydroxylation sites is 1. The molecule has 0 radical (unpaired) electrons. The SMILES string of the molecule is CC1(C)CC1NC(=O)Nc1c(F)cccc1C(=O)O. The van der Waals surface area contributed by atoms with E-state index < -0.39 is 17.8 Å². The predicted molar refractivity (Wildman–Crippen MR) is 67.7 cm³/mol. The number of amides is 2. The van der Waals surface area contributed by atoms with Gasteiger partial charge in [-0.3, -0.25) is 0 Å². The molecule has 0 bridgehead atoms. The highest BCUT2D eigenvalue weighted by atomic mass is 19.1. The Morgan fingerprint density at radius 2 is 2.05 bits per heavy atom. The van der Waals surface area contributed by atoms with Crippen molar-refractivity contribution >= 4 is 17.7 Å². The zero-order valence-electron chi connectivity index (χ0n) is 10.7. The smallest absolute Gasteiger partial charge is 0.337 e. The number of carbonyl (C=O) groups is 2. The molecule has 1 unspecified atom stereocenters. The molecule has 1 atom stereocenters. The average molecular weight is 266 g/mol. The normalized spacial score (nSPS) is 19.6. The molecule has 0 aliphatic heterocycles. The molecule has 1 aliphatic rings. The molecule has 0 aromatic heterocycles. The Bertz CT molecular complexity index is 543. The average Bonchev–Trinajstić information content (AvgIpc) is 2.88. The van der Waals surface area contributed by atoms with Gasteiger partial charge in [0.15, 0.2) is 0 Å². The highest BCUT2D eigenvalue weighted by molar-refractivity contribution is 6.00. The summed E-state index contributed by atoms with van der Waals surface area (Å²) in [5, 5.41) is 13.9. The lowest BCUT2D eigenvalue weighted by molar-refractivity contribution is 0.0697. The molecule has 2 amide bonds. The first-order valence-corrected chi connectivity index (χ1v) is 5.90. The van der Waals surface area contributed by atoms with Crippen LogP contribution >= 0.6 is 0 Å². The first-order valence-electron chi connectivity index (χ1n) is 5.90. The summed E-state index contributed by atoms with van der Waals surface area (Å²) in [4.78, 5) is 22.7. The van der Waals surface area contributed by atoms with E-state index >= 15 is 0 Å². The maximum Gasteiger partial charge on any atom is 0.337 e. The predicted octanol–water partition coefficient (Wildman–Crippen LogP) is 2.44. The molecular formula is C13H15FN2O3. The van der Waals surface area contributed by atoms with Crippen molar-refractivity contribution in [2.45, 2.75) is 26.3 Å². The fraction of sp³-hybridized carbons (Fsp3) is 0.385. The lowest BCUT2D eigenvalue weighted by atomic mass is 10.1. The molecule has 1 aromatic carbocycles. The quantitative estimate of drug-likeness (QED) is 0.786. The topological polar surface area (TPSA) is 78.4 Å². The van der Waals surface area contributed by atoms with Gasteiger partial charge in [-0.15, -0.1) is 0 Å². The minimum atomic E-state index is -1.29. The standard InChI is InChI=1S/C13H15FN2O3/c1-13(2)6-9(13)15-12(19)16-10-7(11(17)18)4-3-5-8(10)14/h3-5,9H,6H2,1-2H3,(H,17,18)(H2,15,16,19). The van der Waals surface area contributed by atoms with Crippen LogP contribution in [0, 0.1) is 11.2 Å². The molecule has 19 heavy (non-hydrogen) atoms. The summed E-state index contributed by atoms with van der Waals surface area (Å²) in [6.07, 6.45) is 0.851. The second-order valence-electron chi connectivity index (χ2n) is 5.31. The molecule has 0 heterocycles. The number of anilines is 1. The zero-order valence-corrected chi connectivity index (χ0v) is 10.7. The Kier molecular flexibility index (Phi) is 3.18. The summed E-state index contributed by atoms with van der Waals surface area (Å²) in [5.74, 6) is -2.06. The molecule has 2 rings (SSSR count). The van der Waals surface area contributed by atoms with E-state index in [0.717, 1.165) is 12.5 Å². The Morgan fingerprint density at radius 3 is 2.58 bits per heavy atom. The molecule has 102 valence electrons. The number of carboxylic acids is 1. The summed E-state index contributed by atoms with van der Waals surface area (Å²) < 4.78 is 13.6. The van der Waals surface area contributed by atoms with Crippen molar-refractivity contribution in [3.8, 4) is 0 Å². The largest absolute Gasteiger partial charge is 0.478 e. The van der Waals surface area contributed by atoms with E-state index in [-0.39, 0.29) is 22.7 Å². The summed E-state index contributed by atoms with van der Waals surface area (Å²) >= 11 is 0. The van der Waals surface area contributed by atoms with Crippen LogP contribution in [0.4, 0.5) is 14.9 Å². The highest BCUT2D eigenvalue weighted by Gasteiger charge is 2.46. The van der Waals surface area contributed by atoms with Crippen LogP contribution in [-0.4, -0.2) is 23.1 Å². The number of halogens is 1. The van der Waals surface area contributed by atoms with E-state index in [0.29, 0.717) is 0 Å². The van der Waals surface area contributed by atoms with Crippen molar-refractivity contribution in [3.63, 3.8) is 0 Å². The fourth-order valence-electron chi connectivity index (χ4n) is 1.85. The number of aromatic carboxylic acids is 1. The zero-order chi connectivity index (χ0) is 14.2. The van der Waals surface area contributed by atoms with Crippen LogP contribution in [0.15, 0.2) is 18.2 Å². The van der Waals surface area contributed by atoms with E-state index in [4.69, 9.17) is 5.11 Å². The number of carbonyl (C=O) groups excluding carboxylic acids is 1. The number of hydrogen-bond donors (Lipinski definition) is 3. The number of benzene rings is 1. The third kappa shape index (κ3) is 2.83. The second kappa shape index (κ2) is 4.53. The monoisotopic (exact) mass is 266 g/mol. The number of rotatable bonds is 3. The van der Waals surface area contributed by atoms with E-state index in [1.807, 2.05) is 13.8 Å². The molecule has 5 nitrogen and oxygen atoms in total. The van der Waals surface area contributed by atoms with Gasteiger partial charge in [-0.25, -0.2) is 14.0 Å². The molecule has 6 heteroatoms. The van der Waals surface area contributed by atoms with Crippen molar-refractivity contribution in [3.05, 3.63) is 29.6 Å². The third-order valence-corrected chi connectivity index (χ3v) is 3.30. The van der Waals surface area contributed by atoms with Gasteiger partial charge in [-0.1, -0.05) is 19.9 Å². The van der Waals surface area contributed by atoms with Crippen molar-refractivity contribution in [1.29, 1.82) is 0 Å². The fourth-order valence-corrected chi connectivity index (χ4v) is 1.85. The van der Waals surface area contributed by atoms with Gasteiger partial charge in [-0.05, 0) is 24.0 Å². The van der Waals surface area contributed by atoms with Crippen molar-refractivity contribution < 1.29 is 19.1 Å². The van der Waals surface area contributed by atoms with E-state index in [1.165, 1.54) is 12.1 Å². The highest BCUT2D eigenvalue weighted by Crippen LogP contribution is 2.44. The van der Waals surface area contributed by atoms with Crippen LogP contribution in [0.3, 0.4) is 0 Å². The molecule has 1 aliphatic carbocycles. The van der Waals surface area contributed by atoms with Gasteiger partial charge in [0.2, 0.25) is 0 Å². The van der Waals surface area contributed by atoms with Gasteiger partial charge < -0.3 is 15.7 Å². The Labute approximate surface area is 109 Å². The van der Waals surface area contributed by atoms with Gasteiger partial charge in [0.25, 0.3) is 0 Å². The minimum Gasteiger partial charge on any atom is -0.478 e. The van der Waals surface area contributed by atoms with Crippen LogP contribution in [0.1, 0.15) is 30.6 Å². The van der Waals surface area contributed by atoms with Gasteiger partial charge in [0, 0.05) is 6.04 Å². The van der Waals surface area contributed by atoms with Gasteiger partial charge >= 0.3 is 12.0 Å². The molecule has 1 fully saturated rings. The molecule has 0 saturated heterocycles. The summed E-state index contributed by atoms with van der Waals surface area (Å²) in [6.45, 7) is 4.01. The molecule has 1 saturated carbocycles. The summed E-state index contributed by atoms with van der Waals surface area (Å²) in [6, 6.07) is 3.06. The Balaban J connectivity index is 2.10. The Hall–Kier alpha value is -2.11. The van der Waals surface area contributed by atoms with Gasteiger partial charge in [-0.2, -0.15) is 0 Å². The van der Waals surface area contributed by atoms with Gasteiger partial charge in [0.1, 0.15) is 5.82 Å². The Morgan fingerprint density at radius 1 is 1.42 bits per heavy atom. The maximum atomic E-state index is 13.6. The first kappa shape index (κ1) is 13.3. The van der Waals surface area contributed by atoms with Crippen LogP contribution in [0.5, 0.6) is 0 Å². The van der Waals surface area contributed by atoms with Crippen molar-refractivity contribution in [1.82, 2.24) is 5.32 Å². The number of urea groups is 1. The van der Waals surface area contributed by atoms with Crippen molar-refractivity contribution in [2.24, 2.45) is 5.41 Å². The second-order valence-corrected chi connectivity index (χ2v) is 5.31. The van der Waals surface area contributed by atoms with Crippen LogP contribution in [-0.2, 0) is 0 Å². The first-order chi connectivity index (χ1) is 8.81. The van der Waals surface area contributed by atoms with Crippen LogP contribution in [0.25, 0.3) is 0 Å². The van der Waals surface area contributed by atoms with Crippen LogP contribution < -0.4 is 10.6 Å². The molecule has 3 N–H and O–H groups in total. The van der Waals surface area contributed by atoms with Crippen LogP contribution in [0.2, 0.25) is 0 Å². The van der Waals surface area contributed by atoms with E-state index in [2.05, 4.69) is 10.6 Å². The van der Waals surface area contributed by atoms with E-state index in [9.17, 15) is 14.0 Å². The number of nitrogens with one attached hydrogen (secondary N) is 2. The number of carboxylic acid groups (broad SMARTS) is 1. The number of hydrogen-bond acceptors (Lipinski definition) is 2. The lowest BCUT2D eigenvalue weighted by Crippen LogP contribution is -2.33. The summed E-state index contributed by atoms with van der Waals surface area (Å²) in [5.41, 5.74) is -0.543. The lowest BCUT2D eigenvalue weighted by Gasteiger charge is -2.11. The molecular weight excluding hydrogens is 251 g/mol. The summed E-state index contributed by atoms with van der Waals surface area (Å²) in [7, 11) is 0. The van der Waals surface area contributed by atoms with Gasteiger partial charge in [0.05, 0.1) is 11.3 Å². The van der Waals surface area contributed by atoms with Crippen molar-refractivity contribution in [2.75, 3.05) is 5.32 Å². The van der Waals surface area contributed by atoms with E-state index in [1.54, 1.807) is 0 Å². The third-order valence-electron chi connectivity index (χ3n) is 3.30. The maximum absolute atomic E-state index is 13.6. The molecule has 1 aromatic rings. The minimum absolute atomic E-state index is 0.0348. The molecule has 0 spiro atoms.